The van der Waals surface area contributed by atoms with Crippen molar-refractivity contribution in [2.75, 3.05) is 7.11 Å². The zero-order valence-corrected chi connectivity index (χ0v) is 8.10. The minimum atomic E-state index is -1.60. The summed E-state index contributed by atoms with van der Waals surface area (Å²) in [6, 6.07) is 6.83. The standard InChI is InChI=1S/C10H10O5/c1-14-8-4-2-3-7(5-8)6-15-10(13)9(11)12/h2-5H,6H2,1H3,(H,11,12). The molecule has 0 unspecified atom stereocenters. The molecular formula is C10H10O5. The molecule has 0 spiro atoms. The molecule has 0 saturated carbocycles. The second-order valence-electron chi connectivity index (χ2n) is 2.73. The molecule has 0 aliphatic carbocycles. The van der Waals surface area contributed by atoms with Crippen molar-refractivity contribution in [2.45, 2.75) is 6.61 Å². The van der Waals surface area contributed by atoms with Crippen molar-refractivity contribution < 1.29 is 24.2 Å². The third kappa shape index (κ3) is 3.30. The molecule has 1 aromatic carbocycles. The van der Waals surface area contributed by atoms with Crippen molar-refractivity contribution in [2.24, 2.45) is 0 Å². The highest BCUT2D eigenvalue weighted by molar-refractivity contribution is 6.28. The summed E-state index contributed by atoms with van der Waals surface area (Å²) in [6.07, 6.45) is 0. The summed E-state index contributed by atoms with van der Waals surface area (Å²) in [5.41, 5.74) is 0.670. The first-order valence-electron chi connectivity index (χ1n) is 4.16. The lowest BCUT2D eigenvalue weighted by atomic mass is 10.2. The highest BCUT2D eigenvalue weighted by atomic mass is 16.6. The van der Waals surface area contributed by atoms with Crippen LogP contribution in [0.3, 0.4) is 0 Å². The molecule has 1 rings (SSSR count). The summed E-state index contributed by atoms with van der Waals surface area (Å²) in [6.45, 7) is -0.0810. The van der Waals surface area contributed by atoms with E-state index in [0.717, 1.165) is 0 Å². The van der Waals surface area contributed by atoms with Crippen LogP contribution >= 0.6 is 0 Å². The van der Waals surface area contributed by atoms with Gasteiger partial charge >= 0.3 is 11.9 Å². The number of benzene rings is 1. The summed E-state index contributed by atoms with van der Waals surface area (Å²) in [5, 5.41) is 8.26. The van der Waals surface area contributed by atoms with E-state index in [1.165, 1.54) is 7.11 Å². The molecule has 0 aliphatic rings. The largest absolute Gasteiger partial charge is 0.497 e. The smallest absolute Gasteiger partial charge is 0.417 e. The summed E-state index contributed by atoms with van der Waals surface area (Å²) < 4.78 is 9.45. The van der Waals surface area contributed by atoms with E-state index in [1.807, 2.05) is 0 Å². The molecule has 0 aromatic heterocycles. The van der Waals surface area contributed by atoms with Crippen LogP contribution in [0.2, 0.25) is 0 Å². The van der Waals surface area contributed by atoms with E-state index in [-0.39, 0.29) is 6.61 Å². The predicted molar refractivity (Wildman–Crippen MR) is 50.4 cm³/mol. The van der Waals surface area contributed by atoms with Gasteiger partial charge in [-0.3, -0.25) is 0 Å². The Morgan fingerprint density at radius 1 is 1.40 bits per heavy atom. The molecule has 15 heavy (non-hydrogen) atoms. The van der Waals surface area contributed by atoms with Crippen LogP contribution in [0.4, 0.5) is 0 Å². The maximum absolute atomic E-state index is 10.6. The first-order valence-corrected chi connectivity index (χ1v) is 4.16. The summed E-state index contributed by atoms with van der Waals surface area (Å²) in [7, 11) is 1.52. The lowest BCUT2D eigenvalue weighted by Crippen LogP contribution is -2.15. The number of carbonyl (C=O) groups excluding carboxylic acids is 1. The van der Waals surface area contributed by atoms with E-state index in [4.69, 9.17) is 9.84 Å². The maximum atomic E-state index is 10.6. The molecule has 0 aliphatic heterocycles. The number of hydrogen-bond donors (Lipinski definition) is 1. The van der Waals surface area contributed by atoms with E-state index >= 15 is 0 Å². The Labute approximate surface area is 86.2 Å². The molecule has 5 nitrogen and oxygen atoms in total. The van der Waals surface area contributed by atoms with Crippen LogP contribution in [0.15, 0.2) is 24.3 Å². The SMILES string of the molecule is COc1cccc(COC(=O)C(=O)O)c1. The van der Waals surface area contributed by atoms with Gasteiger partial charge in [0.1, 0.15) is 12.4 Å². The lowest BCUT2D eigenvalue weighted by Gasteiger charge is -2.04. The molecule has 0 saturated heterocycles. The molecule has 0 amide bonds. The quantitative estimate of drug-likeness (QED) is 0.590. The van der Waals surface area contributed by atoms with Gasteiger partial charge < -0.3 is 14.6 Å². The minimum absolute atomic E-state index is 0.0810. The van der Waals surface area contributed by atoms with Gasteiger partial charge in [0.05, 0.1) is 7.11 Å². The number of ether oxygens (including phenoxy) is 2. The van der Waals surface area contributed by atoms with Crippen molar-refractivity contribution in [1.82, 2.24) is 0 Å². The molecule has 0 fully saturated rings. The lowest BCUT2D eigenvalue weighted by molar-refractivity contribution is -0.164. The van der Waals surface area contributed by atoms with Crippen LogP contribution in [0.25, 0.3) is 0 Å². The number of esters is 1. The van der Waals surface area contributed by atoms with Gasteiger partial charge in [-0.1, -0.05) is 12.1 Å². The van der Waals surface area contributed by atoms with Crippen LogP contribution in [0.5, 0.6) is 5.75 Å². The van der Waals surface area contributed by atoms with Crippen LogP contribution in [-0.4, -0.2) is 24.2 Å². The molecule has 0 radical (unpaired) electrons. The van der Waals surface area contributed by atoms with Crippen molar-refractivity contribution in [3.05, 3.63) is 29.8 Å². The van der Waals surface area contributed by atoms with Gasteiger partial charge in [0, 0.05) is 0 Å². The number of carboxylic acid groups (broad SMARTS) is 1. The molecular weight excluding hydrogens is 200 g/mol. The number of hydrogen-bond acceptors (Lipinski definition) is 4. The van der Waals surface area contributed by atoms with Crippen molar-refractivity contribution in [3.63, 3.8) is 0 Å². The first-order chi connectivity index (χ1) is 7.13. The fourth-order valence-electron chi connectivity index (χ4n) is 0.973. The van der Waals surface area contributed by atoms with E-state index < -0.39 is 11.9 Å². The number of carbonyl (C=O) groups is 2. The zero-order valence-electron chi connectivity index (χ0n) is 8.10. The predicted octanol–water partition coefficient (Wildman–Crippen LogP) is 0.823. The second kappa shape index (κ2) is 4.99. The minimum Gasteiger partial charge on any atom is -0.497 e. The summed E-state index contributed by atoms with van der Waals surface area (Å²) in [5.74, 6) is -2.24. The molecule has 1 N–H and O–H groups in total. The van der Waals surface area contributed by atoms with Gasteiger partial charge in [0.15, 0.2) is 0 Å². The Morgan fingerprint density at radius 3 is 2.73 bits per heavy atom. The van der Waals surface area contributed by atoms with Gasteiger partial charge in [0.2, 0.25) is 0 Å². The van der Waals surface area contributed by atoms with Gasteiger partial charge in [-0.25, -0.2) is 9.59 Å². The Balaban J connectivity index is 2.57. The van der Waals surface area contributed by atoms with Crippen LogP contribution in [-0.2, 0) is 20.9 Å². The van der Waals surface area contributed by atoms with Crippen LogP contribution < -0.4 is 4.74 Å². The molecule has 80 valence electrons. The fourth-order valence-corrected chi connectivity index (χ4v) is 0.973. The number of aliphatic carboxylic acids is 1. The normalized spacial score (nSPS) is 9.40. The van der Waals surface area contributed by atoms with Crippen LogP contribution in [0, 0.1) is 0 Å². The molecule has 0 bridgehead atoms. The fraction of sp³-hybridized carbons (Fsp3) is 0.200. The first kappa shape index (κ1) is 11.0. The van der Waals surface area contributed by atoms with E-state index in [1.54, 1.807) is 24.3 Å². The molecule has 1 aromatic rings. The topological polar surface area (TPSA) is 72.8 Å². The van der Waals surface area contributed by atoms with Crippen molar-refractivity contribution in [1.29, 1.82) is 0 Å². The highest BCUT2D eigenvalue weighted by Gasteiger charge is 2.12. The Bertz CT molecular complexity index is 372. The van der Waals surface area contributed by atoms with Gasteiger partial charge in [-0.05, 0) is 17.7 Å². The third-order valence-electron chi connectivity index (χ3n) is 1.68. The number of carboxylic acids is 1. The van der Waals surface area contributed by atoms with Crippen molar-refractivity contribution in [3.8, 4) is 5.75 Å². The molecule has 0 atom stereocenters. The summed E-state index contributed by atoms with van der Waals surface area (Å²) >= 11 is 0. The molecule has 0 heterocycles. The van der Waals surface area contributed by atoms with E-state index in [2.05, 4.69) is 4.74 Å². The van der Waals surface area contributed by atoms with Gasteiger partial charge in [0.25, 0.3) is 0 Å². The maximum Gasteiger partial charge on any atom is 0.417 e. The zero-order chi connectivity index (χ0) is 11.3. The second-order valence-corrected chi connectivity index (χ2v) is 2.73. The highest BCUT2D eigenvalue weighted by Crippen LogP contribution is 2.13. The van der Waals surface area contributed by atoms with Gasteiger partial charge in [-0.2, -0.15) is 0 Å². The molecule has 5 heteroatoms. The van der Waals surface area contributed by atoms with E-state index in [0.29, 0.717) is 11.3 Å². The third-order valence-corrected chi connectivity index (χ3v) is 1.68. The average molecular weight is 210 g/mol. The van der Waals surface area contributed by atoms with E-state index in [9.17, 15) is 9.59 Å². The Kier molecular flexibility index (Phi) is 3.68. The Hall–Kier alpha value is -2.04. The number of rotatable bonds is 3. The monoisotopic (exact) mass is 210 g/mol. The average Bonchev–Trinajstić information content (AvgIpc) is 2.26. The van der Waals surface area contributed by atoms with Crippen molar-refractivity contribution >= 4 is 11.9 Å². The van der Waals surface area contributed by atoms with Gasteiger partial charge in [-0.15, -0.1) is 0 Å². The summed E-state index contributed by atoms with van der Waals surface area (Å²) in [4.78, 5) is 20.8. The Morgan fingerprint density at radius 2 is 2.13 bits per heavy atom. The number of methoxy groups -OCH3 is 1. The van der Waals surface area contributed by atoms with Crippen LogP contribution in [0.1, 0.15) is 5.56 Å².